The average molecular weight is 312 g/mol. The topological polar surface area (TPSA) is 92.8 Å². The third-order valence-electron chi connectivity index (χ3n) is 2.09. The van der Waals surface area contributed by atoms with E-state index in [1.54, 1.807) is 13.0 Å². The van der Waals surface area contributed by atoms with Gasteiger partial charge in [-0.15, -0.1) is 5.10 Å². The number of nitrogens with one attached hydrogen (secondary N) is 2. The van der Waals surface area contributed by atoms with E-state index in [2.05, 4.69) is 41.9 Å². The summed E-state index contributed by atoms with van der Waals surface area (Å²) in [4.78, 5) is 11.8. The second-order valence-electron chi connectivity index (χ2n) is 3.42. The van der Waals surface area contributed by atoms with Gasteiger partial charge >= 0.3 is 0 Å². The number of aromatic nitrogens is 4. The molecule has 8 heteroatoms. The van der Waals surface area contributed by atoms with Crippen LogP contribution in [0.3, 0.4) is 0 Å². The molecule has 7 nitrogen and oxygen atoms in total. The van der Waals surface area contributed by atoms with Gasteiger partial charge in [-0.25, -0.2) is 0 Å². The number of amides is 1. The molecular formula is C10H10BrN5O2. The quantitative estimate of drug-likeness (QED) is 0.889. The molecule has 0 aliphatic heterocycles. The molecule has 2 N–H and O–H groups in total. The molecule has 1 aromatic carbocycles. The summed E-state index contributed by atoms with van der Waals surface area (Å²) in [6.07, 6.45) is -0.679. The van der Waals surface area contributed by atoms with E-state index < -0.39 is 6.10 Å². The Kier molecular flexibility index (Phi) is 3.88. The van der Waals surface area contributed by atoms with Gasteiger partial charge in [0.2, 0.25) is 0 Å². The fourth-order valence-corrected chi connectivity index (χ4v) is 1.59. The Morgan fingerprint density at radius 3 is 2.94 bits per heavy atom. The number of ether oxygens (including phenoxy) is 1. The second kappa shape index (κ2) is 5.58. The number of nitrogens with zero attached hydrogens (tertiary/aromatic N) is 3. The highest BCUT2D eigenvalue weighted by Gasteiger charge is 2.17. The number of carbonyl (C=O) groups excluding carboxylic acids is 1. The molecule has 1 aromatic heterocycles. The van der Waals surface area contributed by atoms with Crippen LogP contribution in [0.1, 0.15) is 6.92 Å². The molecule has 18 heavy (non-hydrogen) atoms. The van der Waals surface area contributed by atoms with Crippen LogP contribution >= 0.6 is 15.9 Å². The molecule has 0 spiro atoms. The summed E-state index contributed by atoms with van der Waals surface area (Å²) in [5.41, 5.74) is 0. The van der Waals surface area contributed by atoms with Crippen molar-refractivity contribution in [3.63, 3.8) is 0 Å². The standard InChI is InChI=1S/C10H10BrN5O2/c1-6(9(17)12-10-13-15-16-14-10)18-8-5-3-2-4-7(8)11/h2-6H,1H3,(H2,12,13,14,15,16,17). The number of rotatable bonds is 4. The Hall–Kier alpha value is -1.96. The molecule has 2 aromatic rings. The number of aromatic amines is 1. The van der Waals surface area contributed by atoms with Gasteiger partial charge in [0.15, 0.2) is 6.10 Å². The minimum absolute atomic E-state index is 0.113. The van der Waals surface area contributed by atoms with Crippen LogP contribution in [-0.2, 0) is 4.79 Å². The third kappa shape index (κ3) is 3.04. The highest BCUT2D eigenvalue weighted by Crippen LogP contribution is 2.24. The van der Waals surface area contributed by atoms with Crippen LogP contribution in [0.25, 0.3) is 0 Å². The van der Waals surface area contributed by atoms with E-state index in [1.165, 1.54) is 0 Å². The summed E-state index contributed by atoms with van der Waals surface area (Å²) < 4.78 is 6.29. The van der Waals surface area contributed by atoms with Crippen LogP contribution in [0.2, 0.25) is 0 Å². The summed E-state index contributed by atoms with van der Waals surface area (Å²) in [5, 5.41) is 15.3. The van der Waals surface area contributed by atoms with Gasteiger partial charge < -0.3 is 4.74 Å². The van der Waals surface area contributed by atoms with E-state index in [0.717, 1.165) is 4.47 Å². The largest absolute Gasteiger partial charge is 0.480 e. The van der Waals surface area contributed by atoms with Crippen molar-refractivity contribution < 1.29 is 9.53 Å². The maximum atomic E-state index is 11.8. The minimum atomic E-state index is -0.679. The highest BCUT2D eigenvalue weighted by atomic mass is 79.9. The van der Waals surface area contributed by atoms with Crippen molar-refractivity contribution in [3.8, 4) is 5.75 Å². The zero-order valence-corrected chi connectivity index (χ0v) is 11.0. The van der Waals surface area contributed by atoms with Crippen molar-refractivity contribution >= 4 is 27.8 Å². The number of hydrogen-bond donors (Lipinski definition) is 2. The summed E-state index contributed by atoms with van der Waals surface area (Å²) in [5.74, 6) is 0.350. The predicted molar refractivity (Wildman–Crippen MR) is 67.0 cm³/mol. The first-order valence-electron chi connectivity index (χ1n) is 5.12. The maximum Gasteiger partial charge on any atom is 0.269 e. The lowest BCUT2D eigenvalue weighted by Gasteiger charge is -2.14. The molecule has 0 fully saturated rings. The van der Waals surface area contributed by atoms with E-state index in [4.69, 9.17) is 4.74 Å². The number of anilines is 1. The molecule has 1 atom stereocenters. The molecule has 94 valence electrons. The lowest BCUT2D eigenvalue weighted by molar-refractivity contribution is -0.122. The average Bonchev–Trinajstić information content (AvgIpc) is 2.84. The fraction of sp³-hybridized carbons (Fsp3) is 0.200. The molecule has 1 unspecified atom stereocenters. The zero-order valence-electron chi connectivity index (χ0n) is 9.42. The van der Waals surface area contributed by atoms with Gasteiger partial charge in [-0.1, -0.05) is 17.2 Å². The smallest absolute Gasteiger partial charge is 0.269 e. The SMILES string of the molecule is CC(Oc1ccccc1Br)C(=O)Nc1nn[nH]n1. The van der Waals surface area contributed by atoms with E-state index in [9.17, 15) is 4.79 Å². The Labute approximate surface area is 111 Å². The van der Waals surface area contributed by atoms with Crippen molar-refractivity contribution in [1.29, 1.82) is 0 Å². The van der Waals surface area contributed by atoms with E-state index >= 15 is 0 Å². The number of tetrazole rings is 1. The first kappa shape index (κ1) is 12.5. The van der Waals surface area contributed by atoms with Gasteiger partial charge in [0.25, 0.3) is 11.9 Å². The van der Waals surface area contributed by atoms with Crippen LogP contribution < -0.4 is 10.1 Å². The maximum absolute atomic E-state index is 11.8. The predicted octanol–water partition coefficient (Wildman–Crippen LogP) is 1.37. The summed E-state index contributed by atoms with van der Waals surface area (Å²) in [7, 11) is 0. The molecule has 0 aliphatic carbocycles. The third-order valence-corrected chi connectivity index (χ3v) is 2.75. The lowest BCUT2D eigenvalue weighted by Crippen LogP contribution is -2.30. The number of H-pyrrole nitrogens is 1. The molecule has 0 aliphatic rings. The molecule has 1 heterocycles. The lowest BCUT2D eigenvalue weighted by atomic mass is 10.3. The Morgan fingerprint density at radius 2 is 2.28 bits per heavy atom. The van der Waals surface area contributed by atoms with Crippen molar-refractivity contribution in [2.75, 3.05) is 5.32 Å². The number of halogens is 1. The van der Waals surface area contributed by atoms with Gasteiger partial charge in [0.1, 0.15) is 5.75 Å². The van der Waals surface area contributed by atoms with Crippen LogP contribution in [0.5, 0.6) is 5.75 Å². The van der Waals surface area contributed by atoms with Gasteiger partial charge in [-0.3, -0.25) is 10.1 Å². The van der Waals surface area contributed by atoms with Crippen LogP contribution in [-0.4, -0.2) is 32.6 Å². The zero-order chi connectivity index (χ0) is 13.0. The molecule has 0 radical (unpaired) electrons. The Balaban J connectivity index is 1.97. The molecule has 1 amide bonds. The van der Waals surface area contributed by atoms with Gasteiger partial charge in [-0.2, -0.15) is 5.21 Å². The molecule has 2 rings (SSSR count). The molecule has 0 saturated heterocycles. The van der Waals surface area contributed by atoms with Crippen LogP contribution in [0.4, 0.5) is 5.95 Å². The fourth-order valence-electron chi connectivity index (χ4n) is 1.21. The van der Waals surface area contributed by atoms with E-state index in [-0.39, 0.29) is 11.9 Å². The van der Waals surface area contributed by atoms with Crippen molar-refractivity contribution in [1.82, 2.24) is 20.6 Å². The minimum Gasteiger partial charge on any atom is -0.480 e. The summed E-state index contributed by atoms with van der Waals surface area (Å²) in [6, 6.07) is 7.28. The van der Waals surface area contributed by atoms with Crippen molar-refractivity contribution in [2.45, 2.75) is 13.0 Å². The number of hydrogen-bond acceptors (Lipinski definition) is 5. The molecule has 0 bridgehead atoms. The first-order valence-corrected chi connectivity index (χ1v) is 5.91. The number of carbonyl (C=O) groups is 1. The van der Waals surface area contributed by atoms with Crippen LogP contribution in [0.15, 0.2) is 28.7 Å². The van der Waals surface area contributed by atoms with E-state index in [1.807, 2.05) is 18.2 Å². The normalized spacial score (nSPS) is 11.9. The monoisotopic (exact) mass is 311 g/mol. The van der Waals surface area contributed by atoms with Gasteiger partial charge in [0.05, 0.1) is 4.47 Å². The first-order chi connectivity index (χ1) is 8.66. The summed E-state index contributed by atoms with van der Waals surface area (Å²) >= 11 is 3.34. The number of benzene rings is 1. The Bertz CT molecular complexity index is 531. The van der Waals surface area contributed by atoms with E-state index in [0.29, 0.717) is 5.75 Å². The van der Waals surface area contributed by atoms with Gasteiger partial charge in [-0.05, 0) is 40.2 Å². The number of para-hydroxylation sites is 1. The summed E-state index contributed by atoms with van der Waals surface area (Å²) in [6.45, 7) is 1.63. The van der Waals surface area contributed by atoms with Crippen molar-refractivity contribution in [2.24, 2.45) is 0 Å². The highest BCUT2D eigenvalue weighted by molar-refractivity contribution is 9.10. The molecule has 0 saturated carbocycles. The van der Waals surface area contributed by atoms with Crippen LogP contribution in [0, 0.1) is 0 Å². The van der Waals surface area contributed by atoms with Crippen molar-refractivity contribution in [3.05, 3.63) is 28.7 Å². The van der Waals surface area contributed by atoms with Gasteiger partial charge in [0, 0.05) is 0 Å². The Morgan fingerprint density at radius 1 is 1.50 bits per heavy atom. The second-order valence-corrected chi connectivity index (χ2v) is 4.27. The molecular weight excluding hydrogens is 302 g/mol.